The Labute approximate surface area is 180 Å². The van der Waals surface area contributed by atoms with E-state index >= 15 is 0 Å². The third kappa shape index (κ3) is 5.34. The zero-order chi connectivity index (χ0) is 22.1. The number of sulfonamides is 1. The van der Waals surface area contributed by atoms with Gasteiger partial charge in [0, 0.05) is 36.3 Å². The predicted octanol–water partition coefficient (Wildman–Crippen LogP) is 2.86. The van der Waals surface area contributed by atoms with Gasteiger partial charge in [0.25, 0.3) is 5.91 Å². The molecule has 1 heterocycles. The van der Waals surface area contributed by atoms with Crippen molar-refractivity contribution in [3.63, 3.8) is 0 Å². The minimum atomic E-state index is -3.84. The topological polar surface area (TPSA) is 79.0 Å². The first-order valence-electron chi connectivity index (χ1n) is 10.8. The molecule has 0 unspecified atom stereocenters. The van der Waals surface area contributed by atoms with Crippen molar-refractivity contribution in [2.45, 2.75) is 75.9 Å². The smallest absolute Gasteiger partial charge is 0.254 e. The summed E-state index contributed by atoms with van der Waals surface area (Å²) in [6.45, 7) is 10.5. The van der Waals surface area contributed by atoms with Crippen molar-refractivity contribution in [2.24, 2.45) is 0 Å². The van der Waals surface area contributed by atoms with Gasteiger partial charge in [-0.05, 0) is 71.2 Å². The van der Waals surface area contributed by atoms with Gasteiger partial charge in [0.15, 0.2) is 0 Å². The number of nitrogens with zero attached hydrogens (tertiary/aromatic N) is 2. The minimum absolute atomic E-state index is 0.00215. The maximum atomic E-state index is 13.5. The summed E-state index contributed by atoms with van der Waals surface area (Å²) in [7, 11) is -2.40. The number of likely N-dealkylation sites (tertiary alicyclic amines) is 1. The van der Waals surface area contributed by atoms with Gasteiger partial charge in [0.05, 0.1) is 7.11 Å². The van der Waals surface area contributed by atoms with Crippen LogP contribution in [0.5, 0.6) is 5.75 Å². The van der Waals surface area contributed by atoms with Crippen LogP contribution in [0.15, 0.2) is 23.1 Å². The highest BCUT2D eigenvalue weighted by atomic mass is 32.2. The lowest BCUT2D eigenvalue weighted by Gasteiger charge is -2.38. The Morgan fingerprint density at radius 3 is 2.27 bits per heavy atom. The molecule has 0 aromatic heterocycles. The maximum Gasteiger partial charge on any atom is 0.254 e. The Morgan fingerprint density at radius 1 is 1.17 bits per heavy atom. The van der Waals surface area contributed by atoms with Crippen molar-refractivity contribution >= 4 is 15.9 Å². The number of methoxy groups -OCH3 is 1. The van der Waals surface area contributed by atoms with Crippen LogP contribution in [-0.4, -0.2) is 68.5 Å². The van der Waals surface area contributed by atoms with Gasteiger partial charge in [-0.1, -0.05) is 6.92 Å². The molecule has 0 bridgehead atoms. The lowest BCUT2D eigenvalue weighted by atomic mass is 10.0. The van der Waals surface area contributed by atoms with Crippen LogP contribution in [0.25, 0.3) is 0 Å². The number of piperidine rings is 1. The Hall–Kier alpha value is -1.64. The molecule has 1 saturated carbocycles. The Balaban J connectivity index is 1.89. The van der Waals surface area contributed by atoms with E-state index in [1.165, 1.54) is 13.2 Å². The van der Waals surface area contributed by atoms with Gasteiger partial charge >= 0.3 is 0 Å². The highest BCUT2D eigenvalue weighted by molar-refractivity contribution is 7.89. The van der Waals surface area contributed by atoms with E-state index in [0.717, 1.165) is 45.3 Å². The third-order valence-electron chi connectivity index (χ3n) is 5.71. The molecule has 1 aliphatic heterocycles. The number of carbonyl (C=O) groups is 1. The molecule has 1 aromatic carbocycles. The number of amides is 1. The molecular formula is C22H35N3O4S. The minimum Gasteiger partial charge on any atom is -0.495 e. The van der Waals surface area contributed by atoms with Gasteiger partial charge in [-0.15, -0.1) is 0 Å². The highest BCUT2D eigenvalue weighted by Crippen LogP contribution is 2.34. The van der Waals surface area contributed by atoms with Gasteiger partial charge in [0.2, 0.25) is 10.0 Å². The molecule has 168 valence electrons. The van der Waals surface area contributed by atoms with Crippen LogP contribution in [0.3, 0.4) is 0 Å². The van der Waals surface area contributed by atoms with Gasteiger partial charge < -0.3 is 14.5 Å². The second kappa shape index (κ2) is 8.85. The summed E-state index contributed by atoms with van der Waals surface area (Å²) >= 11 is 0. The summed E-state index contributed by atoms with van der Waals surface area (Å²) in [4.78, 5) is 17.9. The van der Waals surface area contributed by atoms with Crippen LogP contribution in [0.1, 0.15) is 63.7 Å². The normalized spacial score (nSPS) is 19.0. The molecule has 1 aromatic rings. The average molecular weight is 438 g/mol. The van der Waals surface area contributed by atoms with E-state index in [0.29, 0.717) is 5.56 Å². The van der Waals surface area contributed by atoms with Crippen LogP contribution in [0, 0.1) is 0 Å². The largest absolute Gasteiger partial charge is 0.495 e. The second-order valence-electron chi connectivity index (χ2n) is 9.33. The van der Waals surface area contributed by atoms with Crippen molar-refractivity contribution in [1.29, 1.82) is 0 Å². The van der Waals surface area contributed by atoms with Gasteiger partial charge in [-0.3, -0.25) is 4.79 Å². The summed E-state index contributed by atoms with van der Waals surface area (Å²) in [5.74, 6) is 0.153. The van der Waals surface area contributed by atoms with Crippen LogP contribution < -0.4 is 9.46 Å². The zero-order valence-electron chi connectivity index (χ0n) is 18.8. The molecule has 3 rings (SSSR count). The van der Waals surface area contributed by atoms with Crippen molar-refractivity contribution in [1.82, 2.24) is 14.5 Å². The molecule has 7 nitrogen and oxygen atoms in total. The molecule has 1 amide bonds. The molecular weight excluding hydrogens is 402 g/mol. The SMILES string of the molecule is CCN1CCC(N(C(=O)c2ccc(OC)c(S(=O)(=O)NC(C)(C)C)c2)C2CC2)CC1. The van der Waals surface area contributed by atoms with E-state index < -0.39 is 15.6 Å². The van der Waals surface area contributed by atoms with Crippen molar-refractivity contribution < 1.29 is 17.9 Å². The number of carbonyl (C=O) groups excluding carboxylic acids is 1. The summed E-state index contributed by atoms with van der Waals surface area (Å²) in [6, 6.07) is 5.20. The lowest BCUT2D eigenvalue weighted by molar-refractivity contribution is 0.0554. The fourth-order valence-corrected chi connectivity index (χ4v) is 5.74. The second-order valence-corrected chi connectivity index (χ2v) is 11.0. The van der Waals surface area contributed by atoms with Crippen molar-refractivity contribution in [3.8, 4) is 5.75 Å². The Morgan fingerprint density at radius 2 is 1.77 bits per heavy atom. The van der Waals surface area contributed by atoms with Gasteiger partial charge in [-0.2, -0.15) is 0 Å². The summed E-state index contributed by atoms with van der Waals surface area (Å²) in [5, 5.41) is 0. The summed E-state index contributed by atoms with van der Waals surface area (Å²) in [6.07, 6.45) is 3.96. The molecule has 2 aliphatic rings. The van der Waals surface area contributed by atoms with E-state index in [2.05, 4.69) is 16.5 Å². The lowest BCUT2D eigenvalue weighted by Crippen LogP contribution is -2.48. The van der Waals surface area contributed by atoms with Crippen LogP contribution in [0.2, 0.25) is 0 Å². The Bertz CT molecular complexity index is 867. The first kappa shape index (κ1) is 23.0. The molecule has 0 radical (unpaired) electrons. The van der Waals surface area contributed by atoms with E-state index in [9.17, 15) is 13.2 Å². The number of benzene rings is 1. The molecule has 0 atom stereocenters. The fourth-order valence-electron chi connectivity index (χ4n) is 4.12. The predicted molar refractivity (Wildman–Crippen MR) is 117 cm³/mol. The molecule has 2 fully saturated rings. The van der Waals surface area contributed by atoms with Crippen molar-refractivity contribution in [3.05, 3.63) is 23.8 Å². The number of hydrogen-bond acceptors (Lipinski definition) is 5. The fraction of sp³-hybridized carbons (Fsp3) is 0.682. The molecule has 8 heteroatoms. The summed E-state index contributed by atoms with van der Waals surface area (Å²) < 4.78 is 33.9. The average Bonchev–Trinajstić information content (AvgIpc) is 3.51. The number of rotatable bonds is 7. The van der Waals surface area contributed by atoms with Gasteiger partial charge in [-0.25, -0.2) is 13.1 Å². The highest BCUT2D eigenvalue weighted by Gasteiger charge is 2.39. The molecule has 1 aliphatic carbocycles. The standard InChI is InChI=1S/C22H35N3O4S/c1-6-24-13-11-18(12-14-24)25(17-8-9-17)21(26)16-7-10-19(29-5)20(15-16)30(27,28)23-22(2,3)4/h7,10,15,17-18,23H,6,8-9,11-14H2,1-5H3. The van der Waals surface area contributed by atoms with Crippen molar-refractivity contribution in [2.75, 3.05) is 26.7 Å². The summed E-state index contributed by atoms with van der Waals surface area (Å²) in [5.41, 5.74) is -0.244. The first-order chi connectivity index (χ1) is 14.1. The number of nitrogens with one attached hydrogen (secondary N) is 1. The Kier molecular flexibility index (Phi) is 6.79. The molecule has 1 saturated heterocycles. The number of ether oxygens (including phenoxy) is 1. The zero-order valence-corrected chi connectivity index (χ0v) is 19.6. The van der Waals surface area contributed by atoms with Crippen LogP contribution in [0.4, 0.5) is 0 Å². The maximum absolute atomic E-state index is 13.5. The third-order valence-corrected chi connectivity index (χ3v) is 7.49. The van der Waals surface area contributed by atoms with E-state index in [-0.39, 0.29) is 28.6 Å². The van der Waals surface area contributed by atoms with E-state index in [4.69, 9.17) is 4.74 Å². The van der Waals surface area contributed by atoms with E-state index in [1.807, 2.05) is 4.90 Å². The first-order valence-corrected chi connectivity index (χ1v) is 12.3. The van der Waals surface area contributed by atoms with Gasteiger partial charge in [0.1, 0.15) is 10.6 Å². The molecule has 1 N–H and O–H groups in total. The number of hydrogen-bond donors (Lipinski definition) is 1. The van der Waals surface area contributed by atoms with Crippen LogP contribution in [-0.2, 0) is 10.0 Å². The monoisotopic (exact) mass is 437 g/mol. The van der Waals surface area contributed by atoms with E-state index in [1.54, 1.807) is 32.9 Å². The van der Waals surface area contributed by atoms with Crippen LogP contribution >= 0.6 is 0 Å². The molecule has 0 spiro atoms. The molecule has 30 heavy (non-hydrogen) atoms. The quantitative estimate of drug-likeness (QED) is 0.710.